The van der Waals surface area contributed by atoms with Gasteiger partial charge in [0, 0.05) is 37.0 Å². The van der Waals surface area contributed by atoms with Crippen LogP contribution in [0.4, 0.5) is 0 Å². The zero-order valence-electron chi connectivity index (χ0n) is 12.6. The van der Waals surface area contributed by atoms with Gasteiger partial charge in [-0.1, -0.05) is 6.42 Å². The van der Waals surface area contributed by atoms with Crippen LogP contribution in [0.25, 0.3) is 0 Å². The SMILES string of the molecule is O=S(=O)(NCC1CCCS1)N1CCCCC1CNC1CC1. The summed E-state index contributed by atoms with van der Waals surface area (Å²) >= 11 is 1.90. The lowest BCUT2D eigenvalue weighted by atomic mass is 10.1. The van der Waals surface area contributed by atoms with E-state index in [0.29, 0.717) is 24.4 Å². The minimum absolute atomic E-state index is 0.132. The van der Waals surface area contributed by atoms with Crippen molar-refractivity contribution in [3.63, 3.8) is 0 Å². The van der Waals surface area contributed by atoms with Crippen molar-refractivity contribution in [1.29, 1.82) is 0 Å². The van der Waals surface area contributed by atoms with Gasteiger partial charge in [-0.2, -0.15) is 24.5 Å². The number of hydrogen-bond donors (Lipinski definition) is 2. The molecule has 3 aliphatic rings. The highest BCUT2D eigenvalue weighted by Crippen LogP contribution is 2.26. The minimum Gasteiger partial charge on any atom is -0.312 e. The summed E-state index contributed by atoms with van der Waals surface area (Å²) in [4.78, 5) is 0. The molecule has 5 nitrogen and oxygen atoms in total. The normalized spacial score (nSPS) is 31.6. The Morgan fingerprint density at radius 3 is 2.62 bits per heavy atom. The first kappa shape index (κ1) is 16.1. The Bertz CT molecular complexity index is 434. The topological polar surface area (TPSA) is 61.4 Å². The maximum Gasteiger partial charge on any atom is 0.279 e. The molecule has 0 bridgehead atoms. The molecular formula is C14H27N3O2S2. The molecule has 3 fully saturated rings. The van der Waals surface area contributed by atoms with E-state index in [1.165, 1.54) is 25.0 Å². The number of hydrogen-bond acceptors (Lipinski definition) is 4. The van der Waals surface area contributed by atoms with Crippen LogP contribution in [0.2, 0.25) is 0 Å². The third-order valence-corrected chi connectivity index (χ3v) is 7.65. The molecule has 0 aromatic rings. The van der Waals surface area contributed by atoms with Crippen LogP contribution < -0.4 is 10.0 Å². The van der Waals surface area contributed by atoms with Crippen LogP contribution in [0.1, 0.15) is 44.9 Å². The van der Waals surface area contributed by atoms with E-state index in [4.69, 9.17) is 0 Å². The van der Waals surface area contributed by atoms with Crippen molar-refractivity contribution < 1.29 is 8.42 Å². The van der Waals surface area contributed by atoms with Crippen molar-refractivity contribution >= 4 is 22.0 Å². The van der Waals surface area contributed by atoms with Crippen LogP contribution >= 0.6 is 11.8 Å². The second-order valence-electron chi connectivity index (χ2n) is 6.43. The summed E-state index contributed by atoms with van der Waals surface area (Å²) in [6.45, 7) is 2.07. The number of rotatable bonds is 7. The van der Waals surface area contributed by atoms with Gasteiger partial charge in [-0.25, -0.2) is 4.72 Å². The van der Waals surface area contributed by atoms with Gasteiger partial charge in [0.25, 0.3) is 10.2 Å². The first-order valence-electron chi connectivity index (χ1n) is 8.26. The summed E-state index contributed by atoms with van der Waals surface area (Å²) in [7, 11) is -3.32. The van der Waals surface area contributed by atoms with Crippen LogP contribution in [-0.4, -0.2) is 55.4 Å². The zero-order chi connectivity index (χ0) is 14.7. The Hall–Kier alpha value is 0.180. The van der Waals surface area contributed by atoms with E-state index < -0.39 is 10.2 Å². The average Bonchev–Trinajstić information content (AvgIpc) is 3.17. The fourth-order valence-corrected chi connectivity index (χ4v) is 6.00. The second-order valence-corrected chi connectivity index (χ2v) is 9.55. The van der Waals surface area contributed by atoms with Gasteiger partial charge in [0.15, 0.2) is 0 Å². The van der Waals surface area contributed by atoms with Gasteiger partial charge in [0.2, 0.25) is 0 Å². The largest absolute Gasteiger partial charge is 0.312 e. The van der Waals surface area contributed by atoms with Gasteiger partial charge in [0.05, 0.1) is 0 Å². The highest BCUT2D eigenvalue weighted by molar-refractivity contribution is 8.00. The maximum absolute atomic E-state index is 12.6. The number of piperidine rings is 1. The lowest BCUT2D eigenvalue weighted by Crippen LogP contribution is -2.53. The molecule has 2 atom stereocenters. The molecule has 7 heteroatoms. The van der Waals surface area contributed by atoms with Crippen molar-refractivity contribution in [2.24, 2.45) is 0 Å². The number of thioether (sulfide) groups is 1. The Morgan fingerprint density at radius 2 is 1.90 bits per heavy atom. The first-order valence-corrected chi connectivity index (χ1v) is 10.8. The summed E-state index contributed by atoms with van der Waals surface area (Å²) in [6.07, 6.45) is 7.96. The molecular weight excluding hydrogens is 306 g/mol. The summed E-state index contributed by atoms with van der Waals surface area (Å²) in [5.41, 5.74) is 0. The predicted molar refractivity (Wildman–Crippen MR) is 87.8 cm³/mol. The smallest absolute Gasteiger partial charge is 0.279 e. The lowest BCUT2D eigenvalue weighted by Gasteiger charge is -2.35. The van der Waals surface area contributed by atoms with Gasteiger partial charge < -0.3 is 5.32 Å². The molecule has 0 amide bonds. The molecule has 2 N–H and O–H groups in total. The monoisotopic (exact) mass is 333 g/mol. The van der Waals surface area contributed by atoms with Crippen molar-refractivity contribution in [3.05, 3.63) is 0 Å². The molecule has 1 saturated carbocycles. The molecule has 2 heterocycles. The Kier molecular flexibility index (Phi) is 5.48. The highest BCUT2D eigenvalue weighted by Gasteiger charge is 2.33. The van der Waals surface area contributed by atoms with E-state index in [1.807, 2.05) is 11.8 Å². The van der Waals surface area contributed by atoms with E-state index >= 15 is 0 Å². The molecule has 122 valence electrons. The Balaban J connectivity index is 1.54. The first-order chi connectivity index (χ1) is 10.1. The van der Waals surface area contributed by atoms with Crippen molar-refractivity contribution in [1.82, 2.24) is 14.3 Å². The van der Waals surface area contributed by atoms with Gasteiger partial charge in [-0.3, -0.25) is 0 Å². The molecule has 0 aromatic heterocycles. The van der Waals surface area contributed by atoms with E-state index in [2.05, 4.69) is 10.0 Å². The highest BCUT2D eigenvalue weighted by atomic mass is 32.2. The molecule has 2 aliphatic heterocycles. The quantitative estimate of drug-likeness (QED) is 0.738. The van der Waals surface area contributed by atoms with Crippen LogP contribution in [0, 0.1) is 0 Å². The molecule has 2 saturated heterocycles. The molecule has 0 aromatic carbocycles. The fraction of sp³-hybridized carbons (Fsp3) is 1.00. The van der Waals surface area contributed by atoms with Crippen LogP contribution in [0.15, 0.2) is 0 Å². The van der Waals surface area contributed by atoms with Gasteiger partial charge >= 0.3 is 0 Å². The van der Waals surface area contributed by atoms with E-state index in [-0.39, 0.29) is 6.04 Å². The average molecular weight is 334 g/mol. The third-order valence-electron chi connectivity index (χ3n) is 4.62. The summed E-state index contributed by atoms with van der Waals surface area (Å²) < 4.78 is 29.7. The third kappa shape index (κ3) is 4.58. The predicted octanol–water partition coefficient (Wildman–Crippen LogP) is 1.32. The van der Waals surface area contributed by atoms with Crippen molar-refractivity contribution in [2.45, 2.75) is 62.3 Å². The summed E-state index contributed by atoms with van der Waals surface area (Å²) in [6, 6.07) is 0.771. The molecule has 0 radical (unpaired) electrons. The van der Waals surface area contributed by atoms with E-state index in [1.54, 1.807) is 4.31 Å². The standard InChI is InChI=1S/C14H27N3O2S2/c18-21(19,16-11-14-5-3-9-20-14)17-8-2-1-4-13(17)10-15-12-6-7-12/h12-16H,1-11H2. The molecule has 21 heavy (non-hydrogen) atoms. The van der Waals surface area contributed by atoms with Crippen molar-refractivity contribution in [3.8, 4) is 0 Å². The van der Waals surface area contributed by atoms with Gasteiger partial charge in [0.1, 0.15) is 0 Å². The van der Waals surface area contributed by atoms with E-state index in [0.717, 1.165) is 32.2 Å². The molecule has 0 spiro atoms. The zero-order valence-corrected chi connectivity index (χ0v) is 14.2. The lowest BCUT2D eigenvalue weighted by molar-refractivity contribution is 0.242. The van der Waals surface area contributed by atoms with Crippen LogP contribution in [0.5, 0.6) is 0 Å². The molecule has 3 rings (SSSR count). The Labute approximate surface area is 132 Å². The van der Waals surface area contributed by atoms with Gasteiger partial charge in [-0.05, 0) is 44.3 Å². The molecule has 1 aliphatic carbocycles. The summed E-state index contributed by atoms with van der Waals surface area (Å²) in [5.74, 6) is 1.17. The Morgan fingerprint density at radius 1 is 1.05 bits per heavy atom. The molecule has 2 unspecified atom stereocenters. The van der Waals surface area contributed by atoms with Crippen LogP contribution in [0.3, 0.4) is 0 Å². The maximum atomic E-state index is 12.6. The fourth-order valence-electron chi connectivity index (χ4n) is 3.17. The summed E-state index contributed by atoms with van der Waals surface area (Å²) in [5, 5.41) is 3.95. The van der Waals surface area contributed by atoms with Crippen molar-refractivity contribution in [2.75, 3.05) is 25.4 Å². The minimum atomic E-state index is -3.32. The second kappa shape index (κ2) is 7.17. The van der Waals surface area contributed by atoms with Crippen LogP contribution in [-0.2, 0) is 10.2 Å². The van der Waals surface area contributed by atoms with Gasteiger partial charge in [-0.15, -0.1) is 0 Å². The number of nitrogens with one attached hydrogen (secondary N) is 2. The number of nitrogens with zero attached hydrogens (tertiary/aromatic N) is 1. The van der Waals surface area contributed by atoms with E-state index in [9.17, 15) is 8.42 Å².